The first-order chi connectivity index (χ1) is 7.83. The molecule has 1 nitrogen and oxygen atoms in total. The van der Waals surface area contributed by atoms with Gasteiger partial charge in [0.15, 0.2) is 0 Å². The van der Waals surface area contributed by atoms with Crippen LogP contribution in [0.25, 0.3) is 0 Å². The molecular weight excluding hydrogens is 201 g/mol. The lowest BCUT2D eigenvalue weighted by Gasteiger charge is -2.04. The Balaban J connectivity index is 2.01. The molecule has 0 aliphatic heterocycles. The molecule has 2 heteroatoms. The van der Waals surface area contributed by atoms with Crippen LogP contribution in [0.3, 0.4) is 0 Å². The molecule has 90 valence electrons. The molecule has 0 aliphatic carbocycles. The smallest absolute Gasteiger partial charge is 0.123 e. The molecule has 1 aromatic carbocycles. The highest BCUT2D eigenvalue weighted by Crippen LogP contribution is 2.03. The van der Waals surface area contributed by atoms with Crippen LogP contribution in [0.15, 0.2) is 24.3 Å². The number of rotatable bonds is 8. The van der Waals surface area contributed by atoms with E-state index in [4.69, 9.17) is 0 Å². The Morgan fingerprint density at radius 1 is 1.00 bits per heavy atom. The van der Waals surface area contributed by atoms with Crippen molar-refractivity contribution in [3.63, 3.8) is 0 Å². The third-order valence-corrected chi connectivity index (χ3v) is 2.71. The van der Waals surface area contributed by atoms with Gasteiger partial charge in [0.1, 0.15) is 5.82 Å². The zero-order valence-corrected chi connectivity index (χ0v) is 10.1. The summed E-state index contributed by atoms with van der Waals surface area (Å²) in [5.41, 5.74) is 1.20. The second kappa shape index (κ2) is 8.28. The topological polar surface area (TPSA) is 12.0 Å². The van der Waals surface area contributed by atoms with Crippen molar-refractivity contribution in [1.29, 1.82) is 0 Å². The van der Waals surface area contributed by atoms with E-state index in [0.29, 0.717) is 0 Å². The Bertz CT molecular complexity index is 269. The average Bonchev–Trinajstić information content (AvgIpc) is 2.30. The molecule has 0 fully saturated rings. The Labute approximate surface area is 98.1 Å². The molecular formula is C14H22FN. The van der Waals surface area contributed by atoms with E-state index in [1.165, 1.54) is 43.4 Å². The lowest BCUT2D eigenvalue weighted by Crippen LogP contribution is -2.18. The van der Waals surface area contributed by atoms with E-state index in [1.807, 2.05) is 12.1 Å². The zero-order valence-electron chi connectivity index (χ0n) is 10.1. The van der Waals surface area contributed by atoms with Gasteiger partial charge in [-0.1, -0.05) is 38.3 Å². The van der Waals surface area contributed by atoms with Crippen LogP contribution >= 0.6 is 0 Å². The summed E-state index contributed by atoms with van der Waals surface area (Å²) in [6, 6.07) is 6.76. The summed E-state index contributed by atoms with van der Waals surface area (Å²) < 4.78 is 12.6. The first-order valence-electron chi connectivity index (χ1n) is 6.28. The van der Waals surface area contributed by atoms with Crippen LogP contribution in [-0.4, -0.2) is 13.1 Å². The van der Waals surface area contributed by atoms with E-state index < -0.39 is 0 Å². The summed E-state index contributed by atoms with van der Waals surface area (Å²) in [6.07, 6.45) is 6.18. The van der Waals surface area contributed by atoms with Crippen molar-refractivity contribution >= 4 is 0 Å². The molecule has 0 aliphatic rings. The molecule has 0 saturated carbocycles. The third kappa shape index (κ3) is 5.86. The monoisotopic (exact) mass is 223 g/mol. The zero-order chi connectivity index (χ0) is 11.6. The highest BCUT2D eigenvalue weighted by atomic mass is 19.1. The van der Waals surface area contributed by atoms with E-state index in [1.54, 1.807) is 0 Å². The minimum absolute atomic E-state index is 0.156. The van der Waals surface area contributed by atoms with Crippen LogP contribution < -0.4 is 5.32 Å². The van der Waals surface area contributed by atoms with Crippen molar-refractivity contribution in [3.8, 4) is 0 Å². The number of nitrogens with one attached hydrogen (secondary N) is 1. The van der Waals surface area contributed by atoms with Crippen molar-refractivity contribution in [1.82, 2.24) is 5.32 Å². The Hall–Kier alpha value is -0.890. The van der Waals surface area contributed by atoms with Gasteiger partial charge in [-0.3, -0.25) is 0 Å². The molecule has 0 radical (unpaired) electrons. The van der Waals surface area contributed by atoms with Gasteiger partial charge >= 0.3 is 0 Å². The van der Waals surface area contributed by atoms with Crippen molar-refractivity contribution in [2.45, 2.75) is 39.0 Å². The van der Waals surface area contributed by atoms with Crippen molar-refractivity contribution in [2.24, 2.45) is 0 Å². The number of hydrogen-bond acceptors (Lipinski definition) is 1. The van der Waals surface area contributed by atoms with Crippen molar-refractivity contribution in [2.75, 3.05) is 13.1 Å². The predicted octanol–water partition coefficient (Wildman–Crippen LogP) is 3.54. The minimum Gasteiger partial charge on any atom is -0.316 e. The minimum atomic E-state index is -0.156. The maximum absolute atomic E-state index is 12.6. The SMILES string of the molecule is CCCCCCNCCc1ccc(F)cc1. The molecule has 0 amide bonds. The molecule has 1 N–H and O–H groups in total. The molecule has 0 spiro atoms. The fourth-order valence-electron chi connectivity index (χ4n) is 1.69. The van der Waals surface area contributed by atoms with Gasteiger partial charge < -0.3 is 5.32 Å². The highest BCUT2D eigenvalue weighted by Gasteiger charge is 1.94. The lowest BCUT2D eigenvalue weighted by atomic mass is 10.1. The molecule has 0 atom stereocenters. The number of hydrogen-bond donors (Lipinski definition) is 1. The van der Waals surface area contributed by atoms with Crippen molar-refractivity contribution < 1.29 is 4.39 Å². The predicted molar refractivity (Wildman–Crippen MR) is 67.1 cm³/mol. The van der Waals surface area contributed by atoms with Gasteiger partial charge in [0.2, 0.25) is 0 Å². The van der Waals surface area contributed by atoms with Gasteiger partial charge in [-0.05, 0) is 43.6 Å². The number of benzene rings is 1. The summed E-state index contributed by atoms with van der Waals surface area (Å²) >= 11 is 0. The van der Waals surface area contributed by atoms with E-state index in [9.17, 15) is 4.39 Å². The summed E-state index contributed by atoms with van der Waals surface area (Å²) in [6.45, 7) is 4.31. The number of unbranched alkanes of at least 4 members (excludes halogenated alkanes) is 3. The van der Waals surface area contributed by atoms with Crippen LogP contribution in [0.5, 0.6) is 0 Å². The maximum atomic E-state index is 12.6. The Morgan fingerprint density at radius 3 is 2.44 bits per heavy atom. The third-order valence-electron chi connectivity index (χ3n) is 2.71. The quantitative estimate of drug-likeness (QED) is 0.665. The summed E-state index contributed by atoms with van der Waals surface area (Å²) in [5.74, 6) is -0.156. The summed E-state index contributed by atoms with van der Waals surface area (Å²) in [7, 11) is 0. The van der Waals surface area contributed by atoms with E-state index >= 15 is 0 Å². The van der Waals surface area contributed by atoms with Gasteiger partial charge in [0.05, 0.1) is 0 Å². The largest absolute Gasteiger partial charge is 0.316 e. The molecule has 0 heterocycles. The van der Waals surface area contributed by atoms with Gasteiger partial charge in [0.25, 0.3) is 0 Å². The maximum Gasteiger partial charge on any atom is 0.123 e. The van der Waals surface area contributed by atoms with Crippen LogP contribution in [0, 0.1) is 5.82 Å². The Kier molecular flexibility index (Phi) is 6.82. The van der Waals surface area contributed by atoms with Crippen LogP contribution in [0.4, 0.5) is 4.39 Å². The normalized spacial score (nSPS) is 10.6. The fourth-order valence-corrected chi connectivity index (χ4v) is 1.69. The molecule has 0 saturated heterocycles. The summed E-state index contributed by atoms with van der Waals surface area (Å²) in [5, 5.41) is 3.41. The molecule has 0 aromatic heterocycles. The van der Waals surface area contributed by atoms with Gasteiger partial charge in [-0.25, -0.2) is 4.39 Å². The molecule has 0 bridgehead atoms. The standard InChI is InChI=1S/C14H22FN/c1-2-3-4-5-11-16-12-10-13-6-8-14(15)9-7-13/h6-9,16H,2-5,10-12H2,1H3. The lowest BCUT2D eigenvalue weighted by molar-refractivity contribution is 0.597. The number of halogens is 1. The van der Waals surface area contributed by atoms with E-state index in [2.05, 4.69) is 12.2 Å². The highest BCUT2D eigenvalue weighted by molar-refractivity contribution is 5.16. The van der Waals surface area contributed by atoms with Crippen LogP contribution in [0.2, 0.25) is 0 Å². The van der Waals surface area contributed by atoms with E-state index in [-0.39, 0.29) is 5.82 Å². The van der Waals surface area contributed by atoms with Crippen LogP contribution in [-0.2, 0) is 6.42 Å². The van der Waals surface area contributed by atoms with Gasteiger partial charge in [-0.2, -0.15) is 0 Å². The summed E-state index contributed by atoms with van der Waals surface area (Å²) in [4.78, 5) is 0. The van der Waals surface area contributed by atoms with Crippen molar-refractivity contribution in [3.05, 3.63) is 35.6 Å². The molecule has 1 aromatic rings. The molecule has 0 unspecified atom stereocenters. The van der Waals surface area contributed by atoms with Crippen LogP contribution in [0.1, 0.15) is 38.2 Å². The molecule has 16 heavy (non-hydrogen) atoms. The van der Waals surface area contributed by atoms with Gasteiger partial charge in [-0.15, -0.1) is 0 Å². The Morgan fingerprint density at radius 2 is 1.75 bits per heavy atom. The molecule has 1 rings (SSSR count). The first-order valence-corrected chi connectivity index (χ1v) is 6.28. The second-order valence-electron chi connectivity index (χ2n) is 4.19. The average molecular weight is 223 g/mol. The van der Waals surface area contributed by atoms with E-state index in [0.717, 1.165) is 19.5 Å². The first kappa shape index (κ1) is 13.2. The second-order valence-corrected chi connectivity index (χ2v) is 4.19. The van der Waals surface area contributed by atoms with Gasteiger partial charge in [0, 0.05) is 0 Å². The fraction of sp³-hybridized carbons (Fsp3) is 0.571.